The molecule has 1 saturated heterocycles. The molecule has 1 aliphatic heterocycles. The molecule has 7 nitrogen and oxygen atoms in total. The summed E-state index contributed by atoms with van der Waals surface area (Å²) >= 11 is 1.20. The van der Waals surface area contributed by atoms with E-state index in [-0.39, 0.29) is 21.8 Å². The minimum absolute atomic E-state index is 0.0449. The summed E-state index contributed by atoms with van der Waals surface area (Å²) < 4.78 is 40.6. The summed E-state index contributed by atoms with van der Waals surface area (Å²) in [6.45, 7) is 4.49. The van der Waals surface area contributed by atoms with E-state index in [1.54, 1.807) is 41.8 Å². The number of hydrogen-bond acceptors (Lipinski definition) is 6. The Morgan fingerprint density at radius 1 is 1.06 bits per heavy atom. The number of thiazole rings is 1. The van der Waals surface area contributed by atoms with Crippen LogP contribution in [-0.2, 0) is 21.2 Å². The van der Waals surface area contributed by atoms with Gasteiger partial charge in [-0.05, 0) is 49.7 Å². The zero-order valence-electron chi connectivity index (χ0n) is 18.2. The van der Waals surface area contributed by atoms with E-state index in [1.165, 1.54) is 23.5 Å². The van der Waals surface area contributed by atoms with Gasteiger partial charge in [-0.2, -0.15) is 0 Å². The molecule has 0 unspecified atom stereocenters. The maximum absolute atomic E-state index is 13.1. The number of piperazine rings is 1. The van der Waals surface area contributed by atoms with Gasteiger partial charge in [0.05, 0.1) is 10.6 Å². The van der Waals surface area contributed by atoms with Crippen LogP contribution >= 0.6 is 11.3 Å². The molecule has 174 valence electrons. The molecule has 0 bridgehead atoms. The molecule has 0 radical (unpaired) electrons. The molecule has 1 amide bonds. The lowest BCUT2D eigenvalue weighted by Crippen LogP contribution is -2.48. The van der Waals surface area contributed by atoms with E-state index in [0.29, 0.717) is 44.7 Å². The van der Waals surface area contributed by atoms with E-state index < -0.39 is 10.0 Å². The van der Waals surface area contributed by atoms with Crippen LogP contribution in [0, 0.1) is 12.7 Å². The van der Waals surface area contributed by atoms with Crippen molar-refractivity contribution in [1.29, 1.82) is 0 Å². The largest absolute Gasteiger partial charge is 0.368 e. The minimum atomic E-state index is -3.70. The number of nitrogens with one attached hydrogen (secondary N) is 1. The standard InChI is InChI=1S/C23H25FN4O3S2/c1-17-2-9-21(10-3-17)33(30,31)26-23-25-19(16-32-23)6-11-22(29)28-14-12-27(13-15-28)20-7-4-18(24)5-8-20/h2-5,7-10,16H,6,11-15H2,1H3,(H,25,26). The molecule has 0 saturated carbocycles. The molecule has 1 N–H and O–H groups in total. The van der Waals surface area contributed by atoms with Crippen molar-refractivity contribution in [3.05, 3.63) is 71.0 Å². The third-order valence-electron chi connectivity index (χ3n) is 5.52. The van der Waals surface area contributed by atoms with E-state index >= 15 is 0 Å². The topological polar surface area (TPSA) is 82.6 Å². The number of amides is 1. The highest BCUT2D eigenvalue weighted by molar-refractivity contribution is 7.93. The van der Waals surface area contributed by atoms with Crippen molar-refractivity contribution in [3.63, 3.8) is 0 Å². The first-order valence-corrected chi connectivity index (χ1v) is 13.0. The predicted molar refractivity (Wildman–Crippen MR) is 128 cm³/mol. The first-order valence-electron chi connectivity index (χ1n) is 10.6. The van der Waals surface area contributed by atoms with Crippen LogP contribution in [-0.4, -0.2) is 50.4 Å². The molecule has 0 spiro atoms. The number of anilines is 2. The van der Waals surface area contributed by atoms with Crippen LogP contribution in [0.5, 0.6) is 0 Å². The van der Waals surface area contributed by atoms with Crippen LogP contribution in [0.15, 0.2) is 58.8 Å². The number of nitrogens with zero attached hydrogens (tertiary/aromatic N) is 3. The number of halogens is 1. The molecule has 1 fully saturated rings. The molecule has 2 aromatic carbocycles. The maximum Gasteiger partial charge on any atom is 0.263 e. The van der Waals surface area contributed by atoms with Crippen molar-refractivity contribution in [2.45, 2.75) is 24.7 Å². The van der Waals surface area contributed by atoms with Crippen molar-refractivity contribution in [3.8, 4) is 0 Å². The number of aryl methyl sites for hydroxylation is 2. The molecule has 1 aromatic heterocycles. The van der Waals surface area contributed by atoms with Gasteiger partial charge in [0.2, 0.25) is 5.91 Å². The molecular weight excluding hydrogens is 463 g/mol. The van der Waals surface area contributed by atoms with Crippen molar-refractivity contribution >= 4 is 38.1 Å². The van der Waals surface area contributed by atoms with Crippen molar-refractivity contribution in [1.82, 2.24) is 9.88 Å². The normalized spacial score (nSPS) is 14.4. The monoisotopic (exact) mass is 488 g/mol. The third-order valence-corrected chi connectivity index (χ3v) is 7.81. The van der Waals surface area contributed by atoms with Gasteiger partial charge in [0.25, 0.3) is 10.0 Å². The fraction of sp³-hybridized carbons (Fsp3) is 0.304. The number of rotatable bonds is 7. The zero-order chi connectivity index (χ0) is 23.4. The van der Waals surface area contributed by atoms with Gasteiger partial charge in [-0.25, -0.2) is 17.8 Å². The molecule has 4 rings (SSSR count). The molecule has 33 heavy (non-hydrogen) atoms. The first-order chi connectivity index (χ1) is 15.8. The summed E-state index contributed by atoms with van der Waals surface area (Å²) in [4.78, 5) is 21.1. The molecule has 1 aliphatic rings. The first kappa shape index (κ1) is 23.2. The van der Waals surface area contributed by atoms with Crippen molar-refractivity contribution in [2.75, 3.05) is 35.8 Å². The lowest BCUT2D eigenvalue weighted by atomic mass is 10.2. The highest BCUT2D eigenvalue weighted by Gasteiger charge is 2.22. The van der Waals surface area contributed by atoms with Gasteiger partial charge in [0, 0.05) is 43.7 Å². The van der Waals surface area contributed by atoms with Crippen LogP contribution in [0.3, 0.4) is 0 Å². The Labute approximate surface area is 196 Å². The summed E-state index contributed by atoms with van der Waals surface area (Å²) in [5.41, 5.74) is 2.61. The van der Waals surface area contributed by atoms with Crippen molar-refractivity contribution < 1.29 is 17.6 Å². The smallest absolute Gasteiger partial charge is 0.263 e. The number of benzene rings is 2. The van der Waals surface area contributed by atoms with E-state index in [2.05, 4.69) is 14.6 Å². The number of carbonyl (C=O) groups is 1. The minimum Gasteiger partial charge on any atom is -0.368 e. The van der Waals surface area contributed by atoms with Gasteiger partial charge >= 0.3 is 0 Å². The fourth-order valence-corrected chi connectivity index (χ4v) is 5.62. The van der Waals surface area contributed by atoms with Gasteiger partial charge in [-0.15, -0.1) is 11.3 Å². The Bertz CT molecular complexity index is 1200. The summed E-state index contributed by atoms with van der Waals surface area (Å²) in [6.07, 6.45) is 0.754. The molecule has 0 aliphatic carbocycles. The Morgan fingerprint density at radius 3 is 2.39 bits per heavy atom. The SMILES string of the molecule is Cc1ccc(S(=O)(=O)Nc2nc(CCC(=O)N3CCN(c4ccc(F)cc4)CC3)cs2)cc1. The van der Waals surface area contributed by atoms with Gasteiger partial charge in [-0.3, -0.25) is 9.52 Å². The van der Waals surface area contributed by atoms with Gasteiger partial charge in [0.15, 0.2) is 5.13 Å². The third kappa shape index (κ3) is 5.88. The van der Waals surface area contributed by atoms with E-state index in [4.69, 9.17) is 0 Å². The van der Waals surface area contributed by atoms with E-state index in [9.17, 15) is 17.6 Å². The average molecular weight is 489 g/mol. The molecule has 2 heterocycles. The number of aromatic nitrogens is 1. The molecular formula is C23H25FN4O3S2. The summed E-state index contributed by atoms with van der Waals surface area (Å²) in [7, 11) is -3.70. The quantitative estimate of drug-likeness (QED) is 0.549. The lowest BCUT2D eigenvalue weighted by molar-refractivity contribution is -0.131. The zero-order valence-corrected chi connectivity index (χ0v) is 19.8. The number of sulfonamides is 1. The van der Waals surface area contributed by atoms with Gasteiger partial charge < -0.3 is 9.80 Å². The van der Waals surface area contributed by atoms with E-state index in [0.717, 1.165) is 11.3 Å². The average Bonchev–Trinajstić information content (AvgIpc) is 3.25. The number of carbonyl (C=O) groups excluding carboxylic acids is 1. The molecule has 0 atom stereocenters. The second-order valence-corrected chi connectivity index (χ2v) is 10.4. The summed E-state index contributed by atoms with van der Waals surface area (Å²) in [5.74, 6) is -0.218. The number of hydrogen-bond donors (Lipinski definition) is 1. The lowest BCUT2D eigenvalue weighted by Gasteiger charge is -2.36. The Kier molecular flexibility index (Phi) is 6.94. The van der Waals surface area contributed by atoms with Gasteiger partial charge in [-0.1, -0.05) is 17.7 Å². The molecule has 10 heteroatoms. The van der Waals surface area contributed by atoms with Crippen LogP contribution < -0.4 is 9.62 Å². The Hall–Kier alpha value is -2.98. The van der Waals surface area contributed by atoms with Crippen molar-refractivity contribution in [2.24, 2.45) is 0 Å². The Morgan fingerprint density at radius 2 is 1.73 bits per heavy atom. The Balaban J connectivity index is 1.26. The maximum atomic E-state index is 13.1. The van der Waals surface area contributed by atoms with E-state index in [1.807, 2.05) is 11.8 Å². The second kappa shape index (κ2) is 9.88. The van der Waals surface area contributed by atoms with Gasteiger partial charge in [0.1, 0.15) is 5.82 Å². The summed E-state index contributed by atoms with van der Waals surface area (Å²) in [5, 5.41) is 2.05. The highest BCUT2D eigenvalue weighted by atomic mass is 32.2. The highest BCUT2D eigenvalue weighted by Crippen LogP contribution is 2.22. The summed E-state index contributed by atoms with van der Waals surface area (Å²) in [6, 6.07) is 13.0. The van der Waals surface area contributed by atoms with Crippen LogP contribution in [0.2, 0.25) is 0 Å². The van der Waals surface area contributed by atoms with Crippen LogP contribution in [0.4, 0.5) is 15.2 Å². The fourth-order valence-electron chi connectivity index (χ4n) is 3.62. The predicted octanol–water partition coefficient (Wildman–Crippen LogP) is 3.67. The van der Waals surface area contributed by atoms with Crippen LogP contribution in [0.1, 0.15) is 17.7 Å². The second-order valence-electron chi connectivity index (χ2n) is 7.91. The molecule has 3 aromatic rings. The van der Waals surface area contributed by atoms with Crippen LogP contribution in [0.25, 0.3) is 0 Å².